The summed E-state index contributed by atoms with van der Waals surface area (Å²) in [5.74, 6) is 1.62. The lowest BCUT2D eigenvalue weighted by molar-refractivity contribution is 0.183. The van der Waals surface area contributed by atoms with Crippen LogP contribution in [0.3, 0.4) is 0 Å². The van der Waals surface area contributed by atoms with Gasteiger partial charge in [-0.25, -0.2) is 0 Å². The second-order valence-corrected chi connectivity index (χ2v) is 5.93. The molecule has 0 spiro atoms. The molecule has 0 atom stereocenters. The van der Waals surface area contributed by atoms with Gasteiger partial charge in [0, 0.05) is 6.54 Å². The largest absolute Gasteiger partial charge is 0.492 e. The number of ether oxygens (including phenoxy) is 1. The number of hydrogen-bond donors (Lipinski definition) is 0. The van der Waals surface area contributed by atoms with Crippen LogP contribution < -0.4 is 4.74 Å². The highest BCUT2D eigenvalue weighted by Crippen LogP contribution is 2.24. The quantitative estimate of drug-likeness (QED) is 0.795. The summed E-state index contributed by atoms with van der Waals surface area (Å²) in [4.78, 5) is 2.52. The minimum absolute atomic E-state index is 0.560. The van der Waals surface area contributed by atoms with Crippen molar-refractivity contribution >= 4 is 0 Å². The van der Waals surface area contributed by atoms with Crippen LogP contribution in [0.25, 0.3) is 0 Å². The zero-order chi connectivity index (χ0) is 13.7. The molecule has 1 fully saturated rings. The smallest absolute Gasteiger partial charge is 0.122 e. The second-order valence-electron chi connectivity index (χ2n) is 5.93. The highest BCUT2D eigenvalue weighted by molar-refractivity contribution is 5.37. The van der Waals surface area contributed by atoms with Crippen LogP contribution in [0, 0.1) is 6.92 Å². The first kappa shape index (κ1) is 14.4. The van der Waals surface area contributed by atoms with E-state index < -0.39 is 0 Å². The molecule has 19 heavy (non-hydrogen) atoms. The standard InChI is InChI=1S/C17H27NO/c1-14(2)16-8-7-15(3)17(13-16)19-12-11-18-9-5-4-6-10-18/h7-8,13-14H,4-6,9-12H2,1-3H3. The van der Waals surface area contributed by atoms with Gasteiger partial charge in [0.2, 0.25) is 0 Å². The maximum atomic E-state index is 5.99. The molecule has 0 aliphatic carbocycles. The Morgan fingerprint density at radius 1 is 1.16 bits per heavy atom. The Kier molecular flexibility index (Phi) is 5.26. The molecule has 2 nitrogen and oxygen atoms in total. The van der Waals surface area contributed by atoms with Crippen LogP contribution in [0.15, 0.2) is 18.2 Å². The lowest BCUT2D eigenvalue weighted by Gasteiger charge is -2.26. The Bertz CT molecular complexity index is 394. The Morgan fingerprint density at radius 3 is 2.58 bits per heavy atom. The zero-order valence-corrected chi connectivity index (χ0v) is 12.6. The van der Waals surface area contributed by atoms with E-state index in [-0.39, 0.29) is 0 Å². The molecule has 0 unspecified atom stereocenters. The average molecular weight is 261 g/mol. The lowest BCUT2D eigenvalue weighted by atomic mass is 10.0. The summed E-state index contributed by atoms with van der Waals surface area (Å²) in [5, 5.41) is 0. The van der Waals surface area contributed by atoms with Crippen LogP contribution in [0.4, 0.5) is 0 Å². The van der Waals surface area contributed by atoms with Crippen molar-refractivity contribution in [3.8, 4) is 5.75 Å². The summed E-state index contributed by atoms with van der Waals surface area (Å²) in [6.07, 6.45) is 4.09. The number of aryl methyl sites for hydroxylation is 1. The monoisotopic (exact) mass is 261 g/mol. The minimum atomic E-state index is 0.560. The van der Waals surface area contributed by atoms with E-state index in [0.717, 1.165) is 18.9 Å². The molecule has 1 aromatic carbocycles. The third kappa shape index (κ3) is 4.24. The molecule has 1 aliphatic rings. The molecule has 0 amide bonds. The van der Waals surface area contributed by atoms with E-state index in [1.54, 1.807) is 0 Å². The molecule has 1 heterocycles. The predicted molar refractivity (Wildman–Crippen MR) is 81.1 cm³/mol. The van der Waals surface area contributed by atoms with Crippen molar-refractivity contribution in [2.75, 3.05) is 26.2 Å². The Balaban J connectivity index is 1.86. The fourth-order valence-electron chi connectivity index (χ4n) is 2.60. The van der Waals surface area contributed by atoms with Gasteiger partial charge < -0.3 is 4.74 Å². The van der Waals surface area contributed by atoms with E-state index in [1.807, 2.05) is 0 Å². The van der Waals surface area contributed by atoms with Gasteiger partial charge in [0.25, 0.3) is 0 Å². The zero-order valence-electron chi connectivity index (χ0n) is 12.6. The number of hydrogen-bond acceptors (Lipinski definition) is 2. The normalized spacial score (nSPS) is 16.8. The highest BCUT2D eigenvalue weighted by atomic mass is 16.5. The fraction of sp³-hybridized carbons (Fsp3) is 0.647. The Morgan fingerprint density at radius 2 is 1.89 bits per heavy atom. The van der Waals surface area contributed by atoms with Gasteiger partial charge in [-0.05, 0) is 56.0 Å². The Labute approximate surface area is 117 Å². The number of benzene rings is 1. The van der Waals surface area contributed by atoms with E-state index >= 15 is 0 Å². The van der Waals surface area contributed by atoms with Crippen molar-refractivity contribution in [2.24, 2.45) is 0 Å². The van der Waals surface area contributed by atoms with Gasteiger partial charge in [0.1, 0.15) is 12.4 Å². The fourth-order valence-corrected chi connectivity index (χ4v) is 2.60. The molecule has 106 valence electrons. The number of likely N-dealkylation sites (tertiary alicyclic amines) is 1. The molecular weight excluding hydrogens is 234 g/mol. The first-order chi connectivity index (χ1) is 9.16. The first-order valence-corrected chi connectivity index (χ1v) is 7.62. The highest BCUT2D eigenvalue weighted by Gasteiger charge is 2.10. The molecule has 0 radical (unpaired) electrons. The van der Waals surface area contributed by atoms with Crippen LogP contribution in [0.1, 0.15) is 50.2 Å². The van der Waals surface area contributed by atoms with E-state index in [2.05, 4.69) is 43.9 Å². The SMILES string of the molecule is Cc1ccc(C(C)C)cc1OCCN1CCCCC1. The lowest BCUT2D eigenvalue weighted by Crippen LogP contribution is -2.33. The maximum absolute atomic E-state index is 5.99. The molecule has 0 N–H and O–H groups in total. The number of nitrogens with zero attached hydrogens (tertiary/aromatic N) is 1. The summed E-state index contributed by atoms with van der Waals surface area (Å²) < 4.78 is 5.99. The molecule has 1 aromatic rings. The molecule has 0 aromatic heterocycles. The summed E-state index contributed by atoms with van der Waals surface area (Å²) in [5.41, 5.74) is 2.60. The van der Waals surface area contributed by atoms with Crippen molar-refractivity contribution in [2.45, 2.75) is 46.0 Å². The molecule has 2 rings (SSSR count). The summed E-state index contributed by atoms with van der Waals surface area (Å²) in [6.45, 7) is 10.9. The molecule has 1 aliphatic heterocycles. The molecule has 2 heteroatoms. The average Bonchev–Trinajstić information content (AvgIpc) is 2.42. The van der Waals surface area contributed by atoms with Crippen molar-refractivity contribution in [3.05, 3.63) is 29.3 Å². The van der Waals surface area contributed by atoms with Gasteiger partial charge in [-0.1, -0.05) is 32.4 Å². The summed E-state index contributed by atoms with van der Waals surface area (Å²) >= 11 is 0. The summed E-state index contributed by atoms with van der Waals surface area (Å²) in [6, 6.07) is 6.58. The Hall–Kier alpha value is -1.02. The van der Waals surface area contributed by atoms with Crippen LogP contribution in [0.2, 0.25) is 0 Å². The second kappa shape index (κ2) is 6.95. The molecular formula is C17H27NO. The third-order valence-electron chi connectivity index (χ3n) is 3.99. The van der Waals surface area contributed by atoms with E-state index in [9.17, 15) is 0 Å². The predicted octanol–water partition coefficient (Wildman–Crippen LogP) is 3.98. The van der Waals surface area contributed by atoms with Crippen molar-refractivity contribution in [1.82, 2.24) is 4.90 Å². The van der Waals surface area contributed by atoms with Gasteiger partial charge in [-0.15, -0.1) is 0 Å². The van der Waals surface area contributed by atoms with E-state index in [1.165, 1.54) is 43.5 Å². The first-order valence-electron chi connectivity index (χ1n) is 7.62. The number of piperidine rings is 1. The van der Waals surface area contributed by atoms with Crippen molar-refractivity contribution < 1.29 is 4.74 Å². The van der Waals surface area contributed by atoms with E-state index in [4.69, 9.17) is 4.74 Å². The molecule has 1 saturated heterocycles. The topological polar surface area (TPSA) is 12.5 Å². The summed E-state index contributed by atoms with van der Waals surface area (Å²) in [7, 11) is 0. The van der Waals surface area contributed by atoms with Crippen LogP contribution in [-0.2, 0) is 0 Å². The van der Waals surface area contributed by atoms with Gasteiger partial charge in [0.15, 0.2) is 0 Å². The third-order valence-corrected chi connectivity index (χ3v) is 3.99. The van der Waals surface area contributed by atoms with Crippen molar-refractivity contribution in [3.63, 3.8) is 0 Å². The van der Waals surface area contributed by atoms with Crippen molar-refractivity contribution in [1.29, 1.82) is 0 Å². The van der Waals surface area contributed by atoms with Crippen LogP contribution in [0.5, 0.6) is 5.75 Å². The van der Waals surface area contributed by atoms with E-state index in [0.29, 0.717) is 5.92 Å². The van der Waals surface area contributed by atoms with Gasteiger partial charge in [0.05, 0.1) is 0 Å². The van der Waals surface area contributed by atoms with Crippen LogP contribution in [-0.4, -0.2) is 31.1 Å². The minimum Gasteiger partial charge on any atom is -0.492 e. The van der Waals surface area contributed by atoms with Gasteiger partial charge >= 0.3 is 0 Å². The van der Waals surface area contributed by atoms with Gasteiger partial charge in [-0.3, -0.25) is 4.90 Å². The molecule has 0 saturated carbocycles. The number of rotatable bonds is 5. The van der Waals surface area contributed by atoms with Gasteiger partial charge in [-0.2, -0.15) is 0 Å². The van der Waals surface area contributed by atoms with Crippen LogP contribution >= 0.6 is 0 Å². The molecule has 0 bridgehead atoms. The maximum Gasteiger partial charge on any atom is 0.122 e.